The van der Waals surface area contributed by atoms with Crippen LogP contribution in [0.4, 0.5) is 10.3 Å². The Labute approximate surface area is 151 Å². The van der Waals surface area contributed by atoms with Crippen LogP contribution in [0, 0.1) is 0 Å². The van der Waals surface area contributed by atoms with Gasteiger partial charge in [-0.2, -0.15) is 0 Å². The van der Waals surface area contributed by atoms with Crippen molar-refractivity contribution in [3.63, 3.8) is 0 Å². The summed E-state index contributed by atoms with van der Waals surface area (Å²) in [5, 5.41) is 13.1. The van der Waals surface area contributed by atoms with Crippen LogP contribution >= 0.6 is 11.3 Å². The van der Waals surface area contributed by atoms with Crippen molar-refractivity contribution in [3.05, 3.63) is 0 Å². The van der Waals surface area contributed by atoms with Crippen LogP contribution in [-0.4, -0.2) is 47.2 Å². The summed E-state index contributed by atoms with van der Waals surface area (Å²) in [6, 6.07) is 0.174. The van der Waals surface area contributed by atoms with Crippen LogP contribution in [0.3, 0.4) is 0 Å². The van der Waals surface area contributed by atoms with Crippen molar-refractivity contribution >= 4 is 33.4 Å². The Hall–Kier alpha value is -1.70. The van der Waals surface area contributed by atoms with Crippen molar-refractivity contribution < 1.29 is 9.59 Å². The Morgan fingerprint density at radius 2 is 1.80 bits per heavy atom. The van der Waals surface area contributed by atoms with E-state index in [0.29, 0.717) is 17.6 Å². The molecule has 8 heteroatoms. The van der Waals surface area contributed by atoms with Gasteiger partial charge in [0.05, 0.1) is 0 Å². The van der Waals surface area contributed by atoms with Crippen molar-refractivity contribution in [2.45, 2.75) is 69.9 Å². The van der Waals surface area contributed by atoms with Gasteiger partial charge in [0, 0.05) is 25.6 Å². The Morgan fingerprint density at radius 3 is 2.56 bits per heavy atom. The summed E-state index contributed by atoms with van der Waals surface area (Å²) in [6.07, 6.45) is 9.21. The molecule has 2 saturated heterocycles. The zero-order chi connectivity index (χ0) is 17.2. The van der Waals surface area contributed by atoms with Gasteiger partial charge in [-0.15, -0.1) is 10.2 Å². The van der Waals surface area contributed by atoms with Crippen LogP contribution in [0.1, 0.15) is 57.8 Å². The highest BCUT2D eigenvalue weighted by atomic mass is 32.1. The van der Waals surface area contributed by atoms with Crippen molar-refractivity contribution in [1.29, 1.82) is 0 Å². The summed E-state index contributed by atoms with van der Waals surface area (Å²) in [4.78, 5) is 28.4. The van der Waals surface area contributed by atoms with E-state index in [0.717, 1.165) is 50.3 Å². The van der Waals surface area contributed by atoms with Gasteiger partial charge >= 0.3 is 0 Å². The molecule has 1 aromatic rings. The third-order valence-electron chi connectivity index (χ3n) is 5.46. The first-order valence-corrected chi connectivity index (χ1v) is 10.2. The van der Waals surface area contributed by atoms with Crippen molar-refractivity contribution in [2.75, 3.05) is 22.9 Å². The minimum atomic E-state index is -0.156. The molecule has 7 nitrogen and oxygen atoms in total. The summed E-state index contributed by atoms with van der Waals surface area (Å²) >= 11 is 1.43. The molecule has 0 aromatic carbocycles. The molecular formula is C17H25N5O2S. The summed E-state index contributed by atoms with van der Waals surface area (Å²) in [5.41, 5.74) is 0. The molecule has 2 aliphatic heterocycles. The molecule has 2 amide bonds. The molecule has 1 aromatic heterocycles. The quantitative estimate of drug-likeness (QED) is 0.886. The molecule has 1 aliphatic carbocycles. The lowest BCUT2D eigenvalue weighted by Crippen LogP contribution is -2.47. The molecule has 136 valence electrons. The number of aromatic nitrogens is 2. The van der Waals surface area contributed by atoms with Gasteiger partial charge in [-0.25, -0.2) is 0 Å². The van der Waals surface area contributed by atoms with Crippen molar-refractivity contribution in [2.24, 2.45) is 0 Å². The molecule has 3 heterocycles. The second kappa shape index (κ2) is 7.27. The maximum atomic E-state index is 12.8. The van der Waals surface area contributed by atoms with Crippen LogP contribution < -0.4 is 15.1 Å². The molecule has 3 aliphatic rings. The number of amides is 2. The number of hydrogen-bond acceptors (Lipinski definition) is 6. The van der Waals surface area contributed by atoms with E-state index in [1.165, 1.54) is 30.6 Å². The fraction of sp³-hybridized carbons (Fsp3) is 0.765. The van der Waals surface area contributed by atoms with E-state index in [1.807, 2.05) is 0 Å². The molecule has 1 saturated carbocycles. The van der Waals surface area contributed by atoms with Gasteiger partial charge in [0.15, 0.2) is 0 Å². The fourth-order valence-electron chi connectivity index (χ4n) is 4.10. The molecule has 1 atom stereocenters. The van der Waals surface area contributed by atoms with Crippen LogP contribution in [-0.2, 0) is 9.59 Å². The number of carbonyl (C=O) groups is 2. The highest BCUT2D eigenvalue weighted by Crippen LogP contribution is 2.34. The smallest absolute Gasteiger partial charge is 0.243 e. The molecular weight excluding hydrogens is 338 g/mol. The van der Waals surface area contributed by atoms with E-state index in [9.17, 15) is 9.59 Å². The predicted molar refractivity (Wildman–Crippen MR) is 96.9 cm³/mol. The van der Waals surface area contributed by atoms with Gasteiger partial charge < -0.3 is 10.2 Å². The first kappa shape index (κ1) is 16.8. The largest absolute Gasteiger partial charge is 0.352 e. The van der Waals surface area contributed by atoms with E-state index in [2.05, 4.69) is 20.4 Å². The maximum absolute atomic E-state index is 12.8. The van der Waals surface area contributed by atoms with Crippen LogP contribution in [0.5, 0.6) is 0 Å². The number of carbonyl (C=O) groups excluding carboxylic acids is 2. The van der Waals surface area contributed by atoms with Gasteiger partial charge in [-0.05, 0) is 32.1 Å². The topological polar surface area (TPSA) is 78.4 Å². The summed E-state index contributed by atoms with van der Waals surface area (Å²) < 4.78 is 0. The third-order valence-corrected chi connectivity index (χ3v) is 6.44. The van der Waals surface area contributed by atoms with E-state index < -0.39 is 0 Å². The SMILES string of the molecule is O=C(NC1CCCCC1)C1CCCN1c1nnc(N2CCCC2=O)s1. The second-order valence-corrected chi connectivity index (χ2v) is 8.15. The summed E-state index contributed by atoms with van der Waals surface area (Å²) in [6.45, 7) is 1.55. The van der Waals surface area contributed by atoms with E-state index >= 15 is 0 Å². The number of anilines is 2. The lowest BCUT2D eigenvalue weighted by atomic mass is 9.95. The monoisotopic (exact) mass is 363 g/mol. The highest BCUT2D eigenvalue weighted by molar-refractivity contribution is 7.19. The first-order valence-electron chi connectivity index (χ1n) is 9.43. The fourth-order valence-corrected chi connectivity index (χ4v) is 5.06. The lowest BCUT2D eigenvalue weighted by Gasteiger charge is -2.27. The van der Waals surface area contributed by atoms with Crippen LogP contribution in [0.2, 0.25) is 0 Å². The number of nitrogens with zero attached hydrogens (tertiary/aromatic N) is 4. The molecule has 0 bridgehead atoms. The molecule has 25 heavy (non-hydrogen) atoms. The Bertz CT molecular complexity index is 643. The number of nitrogens with one attached hydrogen (secondary N) is 1. The minimum Gasteiger partial charge on any atom is -0.352 e. The van der Waals surface area contributed by atoms with Gasteiger partial charge in [0.25, 0.3) is 0 Å². The Morgan fingerprint density at radius 1 is 1.00 bits per heavy atom. The van der Waals surface area contributed by atoms with Gasteiger partial charge in [0.1, 0.15) is 6.04 Å². The maximum Gasteiger partial charge on any atom is 0.243 e. The molecule has 0 spiro atoms. The van der Waals surface area contributed by atoms with Crippen molar-refractivity contribution in [3.8, 4) is 0 Å². The second-order valence-electron chi connectivity index (χ2n) is 7.21. The zero-order valence-corrected chi connectivity index (χ0v) is 15.3. The molecule has 4 rings (SSSR count). The first-order chi connectivity index (χ1) is 12.2. The van der Waals surface area contributed by atoms with Gasteiger partial charge in [-0.3, -0.25) is 14.5 Å². The highest BCUT2D eigenvalue weighted by Gasteiger charge is 2.35. The van der Waals surface area contributed by atoms with E-state index in [4.69, 9.17) is 0 Å². The van der Waals surface area contributed by atoms with Crippen molar-refractivity contribution in [1.82, 2.24) is 15.5 Å². The number of hydrogen-bond donors (Lipinski definition) is 1. The number of rotatable bonds is 4. The predicted octanol–water partition coefficient (Wildman–Crippen LogP) is 2.08. The van der Waals surface area contributed by atoms with Gasteiger partial charge in [-0.1, -0.05) is 30.6 Å². The van der Waals surface area contributed by atoms with E-state index in [1.54, 1.807) is 4.90 Å². The van der Waals surface area contributed by atoms with E-state index in [-0.39, 0.29) is 17.9 Å². The lowest BCUT2D eigenvalue weighted by molar-refractivity contribution is -0.123. The van der Waals surface area contributed by atoms with Crippen LogP contribution in [0.25, 0.3) is 0 Å². The Balaban J connectivity index is 1.43. The average Bonchev–Trinajstić information content (AvgIpc) is 3.35. The summed E-state index contributed by atoms with van der Waals surface area (Å²) in [5.74, 6) is 0.245. The molecule has 1 unspecified atom stereocenters. The molecule has 1 N–H and O–H groups in total. The van der Waals surface area contributed by atoms with Crippen LogP contribution in [0.15, 0.2) is 0 Å². The average molecular weight is 363 g/mol. The summed E-state index contributed by atoms with van der Waals surface area (Å²) in [7, 11) is 0. The standard InChI is InChI=1S/C17H25N5O2S/c23-14-9-5-11-22(14)17-20-19-16(25-17)21-10-4-8-13(21)15(24)18-12-6-2-1-3-7-12/h12-13H,1-11H2,(H,18,24). The molecule has 0 radical (unpaired) electrons. The van der Waals surface area contributed by atoms with Gasteiger partial charge in [0.2, 0.25) is 22.1 Å². The minimum absolute atomic E-state index is 0.121. The normalized spacial score (nSPS) is 25.0. The zero-order valence-electron chi connectivity index (χ0n) is 14.4. The third kappa shape index (κ3) is 3.49. The molecule has 3 fully saturated rings. The Kier molecular flexibility index (Phi) is 4.87.